The van der Waals surface area contributed by atoms with Gasteiger partial charge in [0.15, 0.2) is 0 Å². The lowest BCUT2D eigenvalue weighted by atomic mass is 9.98. The molecule has 1 unspecified atom stereocenters. The summed E-state index contributed by atoms with van der Waals surface area (Å²) in [6.07, 6.45) is 2.62. The lowest BCUT2D eigenvalue weighted by Gasteiger charge is -2.19. The van der Waals surface area contributed by atoms with Crippen molar-refractivity contribution in [1.82, 2.24) is 5.32 Å². The predicted octanol–water partition coefficient (Wildman–Crippen LogP) is 4.33. The second kappa shape index (κ2) is 6.04. The van der Waals surface area contributed by atoms with Crippen LogP contribution >= 0.6 is 11.6 Å². The largest absolute Gasteiger partial charge is 0.490 e. The maximum Gasteiger partial charge on any atom is 0.124 e. The first-order valence-corrected chi connectivity index (χ1v) is 7.44. The van der Waals surface area contributed by atoms with Gasteiger partial charge in [-0.2, -0.15) is 0 Å². The van der Waals surface area contributed by atoms with E-state index in [4.69, 9.17) is 16.3 Å². The molecule has 2 nitrogen and oxygen atoms in total. The number of rotatable bonds is 5. The normalized spacial score (nSPS) is 15.8. The molecule has 0 radical (unpaired) electrons. The molecular formula is C17H17ClFNO. The van der Waals surface area contributed by atoms with Gasteiger partial charge in [-0.05, 0) is 55.3 Å². The number of benzene rings is 2. The summed E-state index contributed by atoms with van der Waals surface area (Å²) in [6, 6.07) is 12.3. The van der Waals surface area contributed by atoms with E-state index in [1.54, 1.807) is 6.07 Å². The van der Waals surface area contributed by atoms with E-state index in [0.717, 1.165) is 29.7 Å². The van der Waals surface area contributed by atoms with Crippen molar-refractivity contribution < 1.29 is 9.13 Å². The highest BCUT2D eigenvalue weighted by molar-refractivity contribution is 6.31. The Morgan fingerprint density at radius 3 is 2.71 bits per heavy atom. The minimum atomic E-state index is -0.329. The average Bonchev–Trinajstić information content (AvgIpc) is 3.26. The number of hydrogen-bond acceptors (Lipinski definition) is 2. The zero-order valence-electron chi connectivity index (χ0n) is 11.8. The molecule has 1 atom stereocenters. The van der Waals surface area contributed by atoms with E-state index in [-0.39, 0.29) is 11.9 Å². The zero-order valence-corrected chi connectivity index (χ0v) is 12.5. The average molecular weight is 306 g/mol. The number of hydrogen-bond donors (Lipinski definition) is 1. The van der Waals surface area contributed by atoms with E-state index in [0.29, 0.717) is 11.1 Å². The van der Waals surface area contributed by atoms with Crippen molar-refractivity contribution in [3.8, 4) is 5.75 Å². The molecule has 0 aromatic heterocycles. The third-order valence-electron chi connectivity index (χ3n) is 3.58. The summed E-state index contributed by atoms with van der Waals surface area (Å²) in [5, 5.41) is 3.65. The molecule has 0 spiro atoms. The molecule has 3 rings (SSSR count). The van der Waals surface area contributed by atoms with Crippen molar-refractivity contribution >= 4 is 11.6 Å². The van der Waals surface area contributed by atoms with Gasteiger partial charge in [0, 0.05) is 5.02 Å². The van der Waals surface area contributed by atoms with Crippen LogP contribution < -0.4 is 10.1 Å². The molecule has 0 amide bonds. The van der Waals surface area contributed by atoms with Crippen LogP contribution in [0.1, 0.15) is 30.0 Å². The van der Waals surface area contributed by atoms with Crippen LogP contribution in [0.15, 0.2) is 42.5 Å². The maximum atomic E-state index is 13.2. The molecule has 1 aliphatic rings. The van der Waals surface area contributed by atoms with Gasteiger partial charge in [0.1, 0.15) is 11.6 Å². The van der Waals surface area contributed by atoms with Crippen molar-refractivity contribution in [2.45, 2.75) is 25.0 Å². The Kier molecular flexibility index (Phi) is 4.13. The van der Waals surface area contributed by atoms with Crippen LogP contribution in [-0.4, -0.2) is 13.2 Å². The Bertz CT molecular complexity index is 642. The minimum Gasteiger partial charge on any atom is -0.490 e. The SMILES string of the molecule is CNC(c1cccc(OC2CC2)c1)c1ccc(F)cc1Cl. The molecule has 1 fully saturated rings. The molecule has 4 heteroatoms. The number of nitrogens with one attached hydrogen (secondary N) is 1. The summed E-state index contributed by atoms with van der Waals surface area (Å²) in [5.74, 6) is 0.540. The molecule has 1 N–H and O–H groups in total. The molecule has 0 aliphatic heterocycles. The van der Waals surface area contributed by atoms with Gasteiger partial charge in [-0.3, -0.25) is 0 Å². The van der Waals surface area contributed by atoms with E-state index in [9.17, 15) is 4.39 Å². The standard InChI is InChI=1S/C17H17ClFNO/c1-20-17(15-8-5-12(19)10-16(15)18)11-3-2-4-14(9-11)21-13-6-7-13/h2-5,8-10,13,17,20H,6-7H2,1H3. The number of ether oxygens (including phenoxy) is 1. The highest BCUT2D eigenvalue weighted by Gasteiger charge is 2.24. The summed E-state index contributed by atoms with van der Waals surface area (Å²) in [5.41, 5.74) is 1.90. The van der Waals surface area contributed by atoms with Crippen LogP contribution in [0.5, 0.6) is 5.75 Å². The van der Waals surface area contributed by atoms with Crippen LogP contribution in [0.2, 0.25) is 5.02 Å². The van der Waals surface area contributed by atoms with Crippen molar-refractivity contribution in [2.75, 3.05) is 7.05 Å². The van der Waals surface area contributed by atoms with E-state index in [1.165, 1.54) is 12.1 Å². The van der Waals surface area contributed by atoms with E-state index in [1.807, 2.05) is 31.3 Å². The molecule has 0 bridgehead atoms. The van der Waals surface area contributed by atoms with Gasteiger partial charge in [-0.25, -0.2) is 4.39 Å². The molecule has 2 aromatic rings. The van der Waals surface area contributed by atoms with Crippen molar-refractivity contribution in [3.63, 3.8) is 0 Å². The first-order valence-electron chi connectivity index (χ1n) is 7.06. The van der Waals surface area contributed by atoms with Crippen LogP contribution in [0, 0.1) is 5.82 Å². The summed E-state index contributed by atoms with van der Waals surface area (Å²) in [7, 11) is 1.86. The van der Waals surface area contributed by atoms with E-state index < -0.39 is 0 Å². The lowest BCUT2D eigenvalue weighted by molar-refractivity contribution is 0.302. The Labute approximate surface area is 128 Å². The fourth-order valence-electron chi connectivity index (χ4n) is 2.38. The van der Waals surface area contributed by atoms with Gasteiger partial charge in [0.25, 0.3) is 0 Å². The molecule has 1 saturated carbocycles. The summed E-state index contributed by atoms with van der Waals surface area (Å²) < 4.78 is 19.0. The fourth-order valence-corrected chi connectivity index (χ4v) is 2.66. The predicted molar refractivity (Wildman–Crippen MR) is 82.4 cm³/mol. The smallest absolute Gasteiger partial charge is 0.124 e. The topological polar surface area (TPSA) is 21.3 Å². The van der Waals surface area contributed by atoms with E-state index in [2.05, 4.69) is 5.32 Å². The van der Waals surface area contributed by atoms with Crippen LogP contribution in [-0.2, 0) is 0 Å². The Morgan fingerprint density at radius 1 is 1.24 bits per heavy atom. The lowest BCUT2D eigenvalue weighted by Crippen LogP contribution is -2.18. The second-order valence-corrected chi connectivity index (χ2v) is 5.68. The molecule has 21 heavy (non-hydrogen) atoms. The third-order valence-corrected chi connectivity index (χ3v) is 3.91. The van der Waals surface area contributed by atoms with E-state index >= 15 is 0 Å². The van der Waals surface area contributed by atoms with Gasteiger partial charge in [-0.1, -0.05) is 29.8 Å². The van der Waals surface area contributed by atoms with Gasteiger partial charge >= 0.3 is 0 Å². The molecular weight excluding hydrogens is 289 g/mol. The van der Waals surface area contributed by atoms with Gasteiger partial charge in [0.05, 0.1) is 12.1 Å². The summed E-state index contributed by atoms with van der Waals surface area (Å²) >= 11 is 6.18. The molecule has 0 saturated heterocycles. The third kappa shape index (κ3) is 3.36. The quantitative estimate of drug-likeness (QED) is 0.888. The van der Waals surface area contributed by atoms with Crippen molar-refractivity contribution in [1.29, 1.82) is 0 Å². The Hall–Kier alpha value is -1.58. The molecule has 2 aromatic carbocycles. The highest BCUT2D eigenvalue weighted by atomic mass is 35.5. The number of halogens is 2. The first-order chi connectivity index (χ1) is 10.2. The van der Waals surface area contributed by atoms with Crippen molar-refractivity contribution in [3.05, 3.63) is 64.4 Å². The summed E-state index contributed by atoms with van der Waals surface area (Å²) in [4.78, 5) is 0. The zero-order chi connectivity index (χ0) is 14.8. The Morgan fingerprint density at radius 2 is 2.05 bits per heavy atom. The van der Waals surface area contributed by atoms with Crippen LogP contribution in [0.3, 0.4) is 0 Å². The minimum absolute atomic E-state index is 0.0964. The van der Waals surface area contributed by atoms with Crippen molar-refractivity contribution in [2.24, 2.45) is 0 Å². The monoisotopic (exact) mass is 305 g/mol. The van der Waals surface area contributed by atoms with Gasteiger partial charge in [0.2, 0.25) is 0 Å². The summed E-state index contributed by atoms with van der Waals surface area (Å²) in [6.45, 7) is 0. The Balaban J connectivity index is 1.91. The van der Waals surface area contributed by atoms with Gasteiger partial charge in [-0.15, -0.1) is 0 Å². The highest BCUT2D eigenvalue weighted by Crippen LogP contribution is 2.32. The van der Waals surface area contributed by atoms with Crippen LogP contribution in [0.4, 0.5) is 4.39 Å². The molecule has 110 valence electrons. The second-order valence-electron chi connectivity index (χ2n) is 5.28. The maximum absolute atomic E-state index is 13.2. The molecule has 0 heterocycles. The fraction of sp³-hybridized carbons (Fsp3) is 0.294. The van der Waals surface area contributed by atoms with Crippen LogP contribution in [0.25, 0.3) is 0 Å². The molecule has 1 aliphatic carbocycles. The van der Waals surface area contributed by atoms with Gasteiger partial charge < -0.3 is 10.1 Å². The first kappa shape index (κ1) is 14.4.